The molecule has 0 saturated heterocycles. The van der Waals surface area contributed by atoms with Crippen LogP contribution in [0.3, 0.4) is 0 Å². The molecule has 0 unspecified atom stereocenters. The Morgan fingerprint density at radius 2 is 1.72 bits per heavy atom. The van der Waals surface area contributed by atoms with Crippen LogP contribution in [0.5, 0.6) is 0 Å². The molecule has 0 amide bonds. The molecule has 2 nitrogen and oxygen atoms in total. The van der Waals surface area contributed by atoms with Gasteiger partial charge in [-0.2, -0.15) is 0 Å². The van der Waals surface area contributed by atoms with Crippen LogP contribution in [-0.2, 0) is 13.0 Å². The summed E-state index contributed by atoms with van der Waals surface area (Å²) in [7, 11) is 4.20. The number of rotatable bonds is 8. The van der Waals surface area contributed by atoms with Gasteiger partial charge in [-0.3, -0.25) is 0 Å². The lowest BCUT2D eigenvalue weighted by Gasteiger charge is -2.18. The summed E-state index contributed by atoms with van der Waals surface area (Å²) in [6.45, 7) is 7.85. The van der Waals surface area contributed by atoms with Gasteiger partial charge in [-0.1, -0.05) is 38.1 Å². The van der Waals surface area contributed by atoms with E-state index >= 15 is 0 Å². The van der Waals surface area contributed by atoms with Crippen LogP contribution in [-0.4, -0.2) is 32.1 Å². The van der Waals surface area contributed by atoms with Crippen molar-refractivity contribution in [1.82, 2.24) is 10.2 Å². The maximum absolute atomic E-state index is 3.18. The first-order valence-electron chi connectivity index (χ1n) is 7.02. The first-order chi connectivity index (χ1) is 8.61. The zero-order valence-corrected chi connectivity index (χ0v) is 12.4. The van der Waals surface area contributed by atoms with Crippen LogP contribution < -0.4 is 5.32 Å². The molecule has 102 valence electrons. The summed E-state index contributed by atoms with van der Waals surface area (Å²) in [6, 6.07) is 9.03. The lowest BCUT2D eigenvalue weighted by Crippen LogP contribution is -2.20. The van der Waals surface area contributed by atoms with E-state index in [0.717, 1.165) is 25.4 Å². The quantitative estimate of drug-likeness (QED) is 0.761. The molecular weight excluding hydrogens is 220 g/mol. The maximum atomic E-state index is 3.18. The van der Waals surface area contributed by atoms with Crippen LogP contribution in [0.4, 0.5) is 0 Å². The molecular formula is C16H28N2. The maximum Gasteiger partial charge on any atom is 0.0230 e. The molecule has 0 saturated carbocycles. The number of benzene rings is 1. The highest BCUT2D eigenvalue weighted by Gasteiger charge is 2.02. The first kappa shape index (κ1) is 15.2. The van der Waals surface area contributed by atoms with Crippen molar-refractivity contribution in [2.75, 3.05) is 27.2 Å². The highest BCUT2D eigenvalue weighted by Crippen LogP contribution is 2.09. The van der Waals surface area contributed by atoms with E-state index in [9.17, 15) is 0 Å². The highest BCUT2D eigenvalue weighted by atomic mass is 15.1. The lowest BCUT2D eigenvalue weighted by molar-refractivity contribution is 0.303. The van der Waals surface area contributed by atoms with Gasteiger partial charge in [-0.05, 0) is 57.1 Å². The van der Waals surface area contributed by atoms with Gasteiger partial charge < -0.3 is 10.2 Å². The fourth-order valence-corrected chi connectivity index (χ4v) is 1.95. The minimum Gasteiger partial charge on any atom is -0.319 e. The largest absolute Gasteiger partial charge is 0.319 e. The van der Waals surface area contributed by atoms with Crippen LogP contribution in [0.25, 0.3) is 0 Å². The van der Waals surface area contributed by atoms with E-state index in [1.807, 2.05) is 7.05 Å². The van der Waals surface area contributed by atoms with E-state index in [-0.39, 0.29) is 0 Å². The van der Waals surface area contributed by atoms with E-state index < -0.39 is 0 Å². The van der Waals surface area contributed by atoms with Crippen molar-refractivity contribution in [1.29, 1.82) is 0 Å². The van der Waals surface area contributed by atoms with Gasteiger partial charge in [-0.15, -0.1) is 0 Å². The average molecular weight is 248 g/mol. The smallest absolute Gasteiger partial charge is 0.0230 e. The monoisotopic (exact) mass is 248 g/mol. The van der Waals surface area contributed by atoms with Gasteiger partial charge >= 0.3 is 0 Å². The molecule has 0 atom stereocenters. The summed E-state index contributed by atoms with van der Waals surface area (Å²) < 4.78 is 0. The number of hydrogen-bond donors (Lipinski definition) is 1. The Kier molecular flexibility index (Phi) is 6.99. The normalized spacial score (nSPS) is 11.4. The predicted molar refractivity (Wildman–Crippen MR) is 79.9 cm³/mol. The van der Waals surface area contributed by atoms with Crippen LogP contribution in [0.1, 0.15) is 31.4 Å². The number of nitrogens with zero attached hydrogens (tertiary/aromatic N) is 1. The van der Waals surface area contributed by atoms with Crippen molar-refractivity contribution < 1.29 is 0 Å². The molecule has 1 rings (SSSR count). The summed E-state index contributed by atoms with van der Waals surface area (Å²) in [6.07, 6.45) is 2.39. The van der Waals surface area contributed by atoms with Gasteiger partial charge in [0.1, 0.15) is 0 Å². The Morgan fingerprint density at radius 1 is 1.11 bits per heavy atom. The molecule has 0 aliphatic heterocycles. The minimum atomic E-state index is 0.788. The molecule has 0 fully saturated rings. The van der Waals surface area contributed by atoms with Crippen molar-refractivity contribution >= 4 is 0 Å². The number of nitrogens with one attached hydrogen (secondary N) is 1. The van der Waals surface area contributed by atoms with Crippen LogP contribution in [0.2, 0.25) is 0 Å². The van der Waals surface area contributed by atoms with Crippen LogP contribution >= 0.6 is 0 Å². The van der Waals surface area contributed by atoms with Gasteiger partial charge in [0.2, 0.25) is 0 Å². The van der Waals surface area contributed by atoms with Crippen molar-refractivity contribution in [3.8, 4) is 0 Å². The first-order valence-corrected chi connectivity index (χ1v) is 7.02. The third-order valence-corrected chi connectivity index (χ3v) is 3.23. The molecule has 18 heavy (non-hydrogen) atoms. The summed E-state index contributed by atoms with van der Waals surface area (Å²) in [5.41, 5.74) is 2.83. The van der Waals surface area contributed by atoms with Crippen molar-refractivity contribution in [2.45, 2.75) is 33.2 Å². The van der Waals surface area contributed by atoms with Crippen LogP contribution in [0.15, 0.2) is 24.3 Å². The fourth-order valence-electron chi connectivity index (χ4n) is 1.95. The zero-order chi connectivity index (χ0) is 13.4. The predicted octanol–water partition coefficient (Wildman–Crippen LogP) is 2.93. The Bertz CT molecular complexity index is 316. The molecule has 0 aliphatic carbocycles. The molecule has 1 aromatic rings. The molecule has 0 bridgehead atoms. The molecule has 0 heterocycles. The van der Waals surface area contributed by atoms with E-state index in [0.29, 0.717) is 0 Å². The SMILES string of the molecule is CNCCc1ccc(CN(C)CCC(C)C)cc1. The molecule has 1 N–H and O–H groups in total. The summed E-state index contributed by atoms with van der Waals surface area (Å²) in [5, 5.41) is 3.18. The van der Waals surface area contributed by atoms with Crippen molar-refractivity contribution in [3.63, 3.8) is 0 Å². The van der Waals surface area contributed by atoms with Gasteiger partial charge in [0.05, 0.1) is 0 Å². The van der Waals surface area contributed by atoms with E-state index in [1.54, 1.807) is 0 Å². The Morgan fingerprint density at radius 3 is 2.28 bits per heavy atom. The molecule has 2 heteroatoms. The van der Waals surface area contributed by atoms with Gasteiger partial charge in [0.15, 0.2) is 0 Å². The Labute approximate surface area is 112 Å². The summed E-state index contributed by atoms with van der Waals surface area (Å²) in [4.78, 5) is 2.41. The second-order valence-electron chi connectivity index (χ2n) is 5.59. The third kappa shape index (κ3) is 6.18. The molecule has 0 aliphatic rings. The second-order valence-corrected chi connectivity index (χ2v) is 5.59. The minimum absolute atomic E-state index is 0.788. The highest BCUT2D eigenvalue weighted by molar-refractivity contribution is 5.22. The van der Waals surface area contributed by atoms with E-state index in [4.69, 9.17) is 0 Å². The van der Waals surface area contributed by atoms with Gasteiger partial charge in [0, 0.05) is 6.54 Å². The molecule has 0 aromatic heterocycles. The van der Waals surface area contributed by atoms with E-state index in [2.05, 4.69) is 55.4 Å². The molecule has 0 radical (unpaired) electrons. The zero-order valence-electron chi connectivity index (χ0n) is 12.4. The summed E-state index contributed by atoms with van der Waals surface area (Å²) >= 11 is 0. The Hall–Kier alpha value is -0.860. The molecule has 0 spiro atoms. The third-order valence-electron chi connectivity index (χ3n) is 3.23. The van der Waals surface area contributed by atoms with Crippen molar-refractivity contribution in [2.24, 2.45) is 5.92 Å². The van der Waals surface area contributed by atoms with Gasteiger partial charge in [-0.25, -0.2) is 0 Å². The molecule has 1 aromatic carbocycles. The number of likely N-dealkylation sites (N-methyl/N-ethyl adjacent to an activating group) is 1. The fraction of sp³-hybridized carbons (Fsp3) is 0.625. The lowest BCUT2D eigenvalue weighted by atomic mass is 10.1. The van der Waals surface area contributed by atoms with Gasteiger partial charge in [0.25, 0.3) is 0 Å². The standard InChI is InChI=1S/C16H28N2/c1-14(2)10-12-18(4)13-16-7-5-15(6-8-16)9-11-17-3/h5-8,14,17H,9-13H2,1-4H3. The van der Waals surface area contributed by atoms with Crippen molar-refractivity contribution in [3.05, 3.63) is 35.4 Å². The second kappa shape index (κ2) is 8.28. The van der Waals surface area contributed by atoms with Crippen LogP contribution in [0, 0.1) is 5.92 Å². The van der Waals surface area contributed by atoms with E-state index in [1.165, 1.54) is 24.1 Å². The summed E-state index contributed by atoms with van der Waals surface area (Å²) in [5.74, 6) is 0.788. The number of hydrogen-bond acceptors (Lipinski definition) is 2. The Balaban J connectivity index is 2.38. The topological polar surface area (TPSA) is 15.3 Å². The average Bonchev–Trinajstić information content (AvgIpc) is 2.35.